The molecule has 2 spiro atoms. The van der Waals surface area contributed by atoms with Crippen LogP contribution >= 0.6 is 0 Å². The maximum atomic E-state index is 10.2. The Morgan fingerprint density at radius 2 is 2.23 bits per heavy atom. The topological polar surface area (TPSA) is 42.6 Å². The summed E-state index contributed by atoms with van der Waals surface area (Å²) < 4.78 is 12.5. The lowest BCUT2D eigenvalue weighted by molar-refractivity contribution is -0.252. The van der Waals surface area contributed by atoms with Crippen LogP contribution in [0.25, 0.3) is 6.08 Å². The third-order valence-corrected chi connectivity index (χ3v) is 7.58. The Morgan fingerprint density at radius 3 is 3.05 bits per heavy atom. The molecule has 2 heterocycles. The summed E-state index contributed by atoms with van der Waals surface area (Å²) in [6.45, 7) is 4.78. The molecule has 118 valence electrons. The third-order valence-electron chi connectivity index (χ3n) is 7.58. The zero-order chi connectivity index (χ0) is 15.2. The molecule has 1 aliphatic heterocycles. The van der Waals surface area contributed by atoms with Gasteiger partial charge in [-0.3, -0.25) is 0 Å². The van der Waals surface area contributed by atoms with Gasteiger partial charge in [0.2, 0.25) is 0 Å². The molecule has 4 aliphatic rings. The third kappa shape index (κ3) is 1.28. The average Bonchev–Trinajstić information content (AvgIpc) is 3.06. The Balaban J connectivity index is 1.71. The molecule has 3 fully saturated rings. The SMILES string of the molecule is CC1[C@]23CCC4c5ccoc5C=C[C@]41O[C@](CO)(C2)[C@H](C)C3. The molecule has 5 rings (SSSR count). The Morgan fingerprint density at radius 1 is 1.36 bits per heavy atom. The monoisotopic (exact) mass is 300 g/mol. The van der Waals surface area contributed by atoms with Crippen molar-refractivity contribution >= 4 is 6.08 Å². The van der Waals surface area contributed by atoms with E-state index in [0.717, 1.165) is 18.6 Å². The maximum absolute atomic E-state index is 10.2. The van der Waals surface area contributed by atoms with Gasteiger partial charge in [-0.25, -0.2) is 0 Å². The molecule has 0 aromatic carbocycles. The first-order valence-corrected chi connectivity index (χ1v) is 8.63. The quantitative estimate of drug-likeness (QED) is 0.859. The van der Waals surface area contributed by atoms with Gasteiger partial charge in [-0.05, 0) is 61.2 Å². The molecule has 1 aromatic rings. The van der Waals surface area contributed by atoms with Crippen molar-refractivity contribution in [2.24, 2.45) is 17.3 Å². The maximum Gasteiger partial charge on any atom is 0.130 e. The fourth-order valence-corrected chi connectivity index (χ4v) is 6.36. The molecule has 2 saturated carbocycles. The van der Waals surface area contributed by atoms with Crippen molar-refractivity contribution in [3.8, 4) is 0 Å². The number of aliphatic hydroxyl groups is 1. The van der Waals surface area contributed by atoms with Gasteiger partial charge >= 0.3 is 0 Å². The van der Waals surface area contributed by atoms with E-state index in [9.17, 15) is 5.11 Å². The Bertz CT molecular complexity index is 661. The van der Waals surface area contributed by atoms with Crippen LogP contribution in [0.15, 0.2) is 22.8 Å². The first-order chi connectivity index (χ1) is 10.6. The van der Waals surface area contributed by atoms with Crippen LogP contribution in [0, 0.1) is 17.3 Å². The Hall–Kier alpha value is -1.06. The van der Waals surface area contributed by atoms with E-state index in [1.165, 1.54) is 18.4 Å². The second kappa shape index (κ2) is 3.88. The Labute approximate surface area is 131 Å². The Kier molecular flexibility index (Phi) is 2.36. The summed E-state index contributed by atoms with van der Waals surface area (Å²) in [6, 6.07) is 2.12. The predicted octanol–water partition coefficient (Wildman–Crippen LogP) is 3.74. The zero-order valence-electron chi connectivity index (χ0n) is 13.3. The molecule has 0 radical (unpaired) electrons. The van der Waals surface area contributed by atoms with Gasteiger partial charge in [0, 0.05) is 11.5 Å². The molecule has 3 aliphatic carbocycles. The van der Waals surface area contributed by atoms with E-state index in [1.54, 1.807) is 6.26 Å². The lowest BCUT2D eigenvalue weighted by Crippen LogP contribution is -2.63. The largest absolute Gasteiger partial charge is 0.465 e. The molecule has 0 amide bonds. The minimum absolute atomic E-state index is 0.142. The number of rotatable bonds is 1. The van der Waals surface area contributed by atoms with E-state index in [4.69, 9.17) is 9.15 Å². The van der Waals surface area contributed by atoms with Crippen LogP contribution in [0.5, 0.6) is 0 Å². The van der Waals surface area contributed by atoms with Crippen LogP contribution in [-0.4, -0.2) is 22.9 Å². The zero-order valence-corrected chi connectivity index (χ0v) is 13.3. The summed E-state index contributed by atoms with van der Waals surface area (Å²) in [6.07, 6.45) is 10.8. The van der Waals surface area contributed by atoms with E-state index in [-0.39, 0.29) is 17.8 Å². The molecule has 1 aromatic heterocycles. The lowest BCUT2D eigenvalue weighted by atomic mass is 9.52. The highest BCUT2D eigenvalue weighted by atomic mass is 16.5. The van der Waals surface area contributed by atoms with E-state index in [1.807, 2.05) is 0 Å². The molecule has 6 atom stereocenters. The number of ether oxygens (including phenoxy) is 1. The fraction of sp³-hybridized carbons (Fsp3) is 0.684. The highest BCUT2D eigenvalue weighted by Crippen LogP contribution is 2.70. The van der Waals surface area contributed by atoms with Crippen molar-refractivity contribution < 1.29 is 14.3 Å². The van der Waals surface area contributed by atoms with Crippen LogP contribution in [-0.2, 0) is 4.74 Å². The van der Waals surface area contributed by atoms with Gasteiger partial charge in [0.1, 0.15) is 5.76 Å². The molecule has 1 saturated heterocycles. The first-order valence-electron chi connectivity index (χ1n) is 8.63. The summed E-state index contributed by atoms with van der Waals surface area (Å²) in [5, 5.41) is 10.2. The van der Waals surface area contributed by atoms with Crippen molar-refractivity contribution in [2.45, 2.75) is 56.7 Å². The summed E-state index contributed by atoms with van der Waals surface area (Å²) in [4.78, 5) is 0. The molecular weight excluding hydrogens is 276 g/mol. The van der Waals surface area contributed by atoms with Crippen LogP contribution in [0.1, 0.15) is 56.8 Å². The molecular formula is C19H24O3. The van der Waals surface area contributed by atoms with Crippen LogP contribution in [0.3, 0.4) is 0 Å². The van der Waals surface area contributed by atoms with Crippen molar-refractivity contribution in [3.63, 3.8) is 0 Å². The molecule has 22 heavy (non-hydrogen) atoms. The average molecular weight is 300 g/mol. The van der Waals surface area contributed by atoms with Gasteiger partial charge in [0.25, 0.3) is 0 Å². The number of aliphatic hydroxyl groups excluding tert-OH is 1. The highest BCUT2D eigenvalue weighted by molar-refractivity contribution is 5.57. The van der Waals surface area contributed by atoms with Crippen molar-refractivity contribution in [2.75, 3.05) is 6.61 Å². The highest BCUT2D eigenvalue weighted by Gasteiger charge is 2.70. The molecule has 2 unspecified atom stereocenters. The van der Waals surface area contributed by atoms with Crippen molar-refractivity contribution in [1.29, 1.82) is 0 Å². The fourth-order valence-electron chi connectivity index (χ4n) is 6.36. The van der Waals surface area contributed by atoms with E-state index < -0.39 is 0 Å². The number of fused-ring (bicyclic) bond motifs is 3. The van der Waals surface area contributed by atoms with E-state index in [0.29, 0.717) is 23.2 Å². The van der Waals surface area contributed by atoms with Gasteiger partial charge in [0.15, 0.2) is 0 Å². The van der Waals surface area contributed by atoms with Gasteiger partial charge in [0.05, 0.1) is 24.1 Å². The van der Waals surface area contributed by atoms with Gasteiger partial charge in [-0.1, -0.05) is 13.8 Å². The van der Waals surface area contributed by atoms with Gasteiger partial charge in [-0.15, -0.1) is 0 Å². The van der Waals surface area contributed by atoms with E-state index >= 15 is 0 Å². The summed E-state index contributed by atoms with van der Waals surface area (Å²) in [5.74, 6) is 2.28. The molecule has 3 bridgehead atoms. The van der Waals surface area contributed by atoms with Crippen molar-refractivity contribution in [3.05, 3.63) is 29.7 Å². The van der Waals surface area contributed by atoms with Gasteiger partial charge < -0.3 is 14.3 Å². The molecule has 3 nitrogen and oxygen atoms in total. The first kappa shape index (κ1) is 13.4. The van der Waals surface area contributed by atoms with Crippen LogP contribution in [0.4, 0.5) is 0 Å². The summed E-state index contributed by atoms with van der Waals surface area (Å²) in [5.41, 5.74) is 1.02. The molecule has 1 N–H and O–H groups in total. The number of hydrogen-bond acceptors (Lipinski definition) is 3. The van der Waals surface area contributed by atoms with E-state index in [2.05, 4.69) is 32.1 Å². The second-order valence-corrected chi connectivity index (χ2v) is 8.21. The second-order valence-electron chi connectivity index (χ2n) is 8.21. The van der Waals surface area contributed by atoms with Crippen LogP contribution < -0.4 is 0 Å². The lowest BCUT2D eigenvalue weighted by Gasteiger charge is -2.61. The minimum atomic E-state index is -0.350. The van der Waals surface area contributed by atoms with Crippen molar-refractivity contribution in [1.82, 2.24) is 0 Å². The number of furan rings is 1. The smallest absolute Gasteiger partial charge is 0.130 e. The summed E-state index contributed by atoms with van der Waals surface area (Å²) in [7, 11) is 0. The standard InChI is InChI=1S/C19H24O3/c1-12-9-17-6-3-15-14-5-8-21-16(14)4-7-19(15,13(17)2)22-18(12,10-17)11-20/h4-5,7-8,12-13,15,20H,3,6,9-11H2,1-2H3/t12-,13?,15?,17+,18+,19-/m1/s1. The molecule has 3 heteroatoms. The minimum Gasteiger partial charge on any atom is -0.465 e. The summed E-state index contributed by atoms with van der Waals surface area (Å²) >= 11 is 0. The normalized spacial score (nSPS) is 51.5. The van der Waals surface area contributed by atoms with Gasteiger partial charge in [-0.2, -0.15) is 0 Å². The van der Waals surface area contributed by atoms with Crippen LogP contribution in [0.2, 0.25) is 0 Å². The number of hydrogen-bond donors (Lipinski definition) is 1. The predicted molar refractivity (Wildman–Crippen MR) is 83.3 cm³/mol.